The fourth-order valence-corrected chi connectivity index (χ4v) is 1.97. The third kappa shape index (κ3) is 4.16. The first-order chi connectivity index (χ1) is 9.95. The molecular formula is C14H11BrF2N2O2. The normalized spacial score (nSPS) is 10.5. The number of nitrogen functional groups attached to an aromatic ring is 1. The van der Waals surface area contributed by atoms with Crippen LogP contribution in [0.1, 0.15) is 10.4 Å². The van der Waals surface area contributed by atoms with Gasteiger partial charge < -0.3 is 15.8 Å². The highest BCUT2D eigenvalue weighted by Gasteiger charge is 2.09. The number of halogens is 3. The molecule has 0 radical (unpaired) electrons. The van der Waals surface area contributed by atoms with Crippen molar-refractivity contribution in [3.8, 4) is 5.75 Å². The predicted octanol–water partition coefficient (Wildman–Crippen LogP) is 3.89. The number of benzene rings is 2. The topological polar surface area (TPSA) is 64.3 Å². The smallest absolute Gasteiger partial charge is 0.387 e. The zero-order chi connectivity index (χ0) is 15.4. The van der Waals surface area contributed by atoms with Gasteiger partial charge in [-0.3, -0.25) is 4.79 Å². The van der Waals surface area contributed by atoms with Crippen LogP contribution in [0.2, 0.25) is 0 Å². The molecule has 2 rings (SSSR count). The molecule has 0 aliphatic carbocycles. The van der Waals surface area contributed by atoms with Crippen molar-refractivity contribution >= 4 is 33.2 Å². The number of nitrogens with two attached hydrogens (primary N) is 1. The van der Waals surface area contributed by atoms with Crippen molar-refractivity contribution in [1.29, 1.82) is 0 Å². The molecule has 0 heterocycles. The average molecular weight is 357 g/mol. The fraction of sp³-hybridized carbons (Fsp3) is 0.0714. The zero-order valence-corrected chi connectivity index (χ0v) is 12.2. The van der Waals surface area contributed by atoms with Crippen LogP contribution in [-0.4, -0.2) is 12.5 Å². The number of carbonyl (C=O) groups is 1. The van der Waals surface area contributed by atoms with Gasteiger partial charge in [0, 0.05) is 21.4 Å². The van der Waals surface area contributed by atoms with Gasteiger partial charge in [0.25, 0.3) is 5.91 Å². The highest BCUT2D eigenvalue weighted by molar-refractivity contribution is 9.10. The van der Waals surface area contributed by atoms with Gasteiger partial charge in [-0.15, -0.1) is 0 Å². The molecule has 0 aliphatic rings. The van der Waals surface area contributed by atoms with E-state index in [1.807, 2.05) is 0 Å². The van der Waals surface area contributed by atoms with Crippen LogP contribution >= 0.6 is 15.9 Å². The Morgan fingerprint density at radius 1 is 1.19 bits per heavy atom. The summed E-state index contributed by atoms with van der Waals surface area (Å²) in [6.45, 7) is -2.89. The molecule has 0 saturated carbocycles. The molecule has 2 aromatic rings. The minimum atomic E-state index is -2.89. The number of ether oxygens (including phenoxy) is 1. The Morgan fingerprint density at radius 2 is 1.86 bits per heavy atom. The standard InChI is InChI=1S/C14H11BrF2N2O2/c15-11-7-9(3-6-12(11)18)19-13(20)8-1-4-10(5-2-8)21-14(16)17/h1-7,14H,18H2,(H,19,20). The summed E-state index contributed by atoms with van der Waals surface area (Å²) in [5.74, 6) is -0.368. The van der Waals surface area contributed by atoms with Crippen LogP contribution in [-0.2, 0) is 0 Å². The number of carbonyl (C=O) groups excluding carboxylic acids is 1. The Kier molecular flexibility index (Phi) is 4.74. The number of hydrogen-bond acceptors (Lipinski definition) is 3. The van der Waals surface area contributed by atoms with Gasteiger partial charge in [0.15, 0.2) is 0 Å². The second-order valence-corrected chi connectivity index (χ2v) is 4.95. The fourth-order valence-electron chi connectivity index (χ4n) is 1.60. The number of anilines is 2. The van der Waals surface area contributed by atoms with Crippen molar-refractivity contribution in [2.24, 2.45) is 0 Å². The Balaban J connectivity index is 2.07. The van der Waals surface area contributed by atoms with Crippen molar-refractivity contribution in [3.05, 3.63) is 52.5 Å². The molecular weight excluding hydrogens is 346 g/mol. The summed E-state index contributed by atoms with van der Waals surface area (Å²) in [6, 6.07) is 10.4. The number of nitrogens with one attached hydrogen (secondary N) is 1. The molecule has 0 bridgehead atoms. The first kappa shape index (κ1) is 15.2. The first-order valence-corrected chi connectivity index (χ1v) is 6.66. The van der Waals surface area contributed by atoms with E-state index in [1.165, 1.54) is 24.3 Å². The maximum absolute atomic E-state index is 12.0. The van der Waals surface area contributed by atoms with Gasteiger partial charge >= 0.3 is 6.61 Å². The monoisotopic (exact) mass is 356 g/mol. The molecule has 0 aromatic heterocycles. The Bertz CT molecular complexity index is 648. The van der Waals surface area contributed by atoms with Crippen LogP contribution in [0.15, 0.2) is 46.9 Å². The summed E-state index contributed by atoms with van der Waals surface area (Å²) in [7, 11) is 0. The Morgan fingerprint density at radius 3 is 2.43 bits per heavy atom. The molecule has 2 aromatic carbocycles. The van der Waals surface area contributed by atoms with Gasteiger partial charge in [0.2, 0.25) is 0 Å². The predicted molar refractivity (Wildman–Crippen MR) is 79.6 cm³/mol. The summed E-state index contributed by atoms with van der Waals surface area (Å²) < 4.78 is 28.9. The van der Waals surface area contributed by atoms with E-state index in [2.05, 4.69) is 26.0 Å². The van der Waals surface area contributed by atoms with Gasteiger partial charge in [0.05, 0.1) is 0 Å². The van der Waals surface area contributed by atoms with Gasteiger partial charge in [-0.25, -0.2) is 0 Å². The van der Waals surface area contributed by atoms with Crippen LogP contribution in [0.5, 0.6) is 5.75 Å². The van der Waals surface area contributed by atoms with Crippen LogP contribution in [0.4, 0.5) is 20.2 Å². The van der Waals surface area contributed by atoms with Gasteiger partial charge in [-0.05, 0) is 58.4 Å². The lowest BCUT2D eigenvalue weighted by Gasteiger charge is -2.08. The largest absolute Gasteiger partial charge is 0.435 e. The lowest BCUT2D eigenvalue weighted by Crippen LogP contribution is -2.12. The molecule has 4 nitrogen and oxygen atoms in total. The molecule has 21 heavy (non-hydrogen) atoms. The summed E-state index contributed by atoms with van der Waals surface area (Å²) in [5, 5.41) is 2.67. The van der Waals surface area contributed by atoms with E-state index >= 15 is 0 Å². The lowest BCUT2D eigenvalue weighted by molar-refractivity contribution is -0.0498. The SMILES string of the molecule is Nc1ccc(NC(=O)c2ccc(OC(F)F)cc2)cc1Br. The second-order valence-electron chi connectivity index (χ2n) is 4.09. The van der Waals surface area contributed by atoms with Gasteiger partial charge in [-0.1, -0.05) is 0 Å². The number of rotatable bonds is 4. The summed E-state index contributed by atoms with van der Waals surface area (Å²) in [4.78, 5) is 12.0. The third-order valence-corrected chi connectivity index (χ3v) is 3.29. The van der Waals surface area contributed by atoms with Gasteiger partial charge in [-0.2, -0.15) is 8.78 Å². The van der Waals surface area contributed by atoms with Crippen molar-refractivity contribution < 1.29 is 18.3 Å². The van der Waals surface area contributed by atoms with E-state index in [-0.39, 0.29) is 11.7 Å². The van der Waals surface area contributed by atoms with E-state index in [9.17, 15) is 13.6 Å². The lowest BCUT2D eigenvalue weighted by atomic mass is 10.2. The highest BCUT2D eigenvalue weighted by Crippen LogP contribution is 2.23. The summed E-state index contributed by atoms with van der Waals surface area (Å²) >= 11 is 3.26. The minimum Gasteiger partial charge on any atom is -0.435 e. The third-order valence-electron chi connectivity index (χ3n) is 2.60. The molecule has 0 fully saturated rings. The molecule has 110 valence electrons. The zero-order valence-electron chi connectivity index (χ0n) is 10.6. The van der Waals surface area contributed by atoms with Gasteiger partial charge in [0.1, 0.15) is 5.75 Å². The van der Waals surface area contributed by atoms with E-state index in [0.29, 0.717) is 21.4 Å². The summed E-state index contributed by atoms with van der Waals surface area (Å²) in [6.07, 6.45) is 0. The molecule has 0 unspecified atom stereocenters. The van der Waals surface area contributed by atoms with E-state index < -0.39 is 6.61 Å². The van der Waals surface area contributed by atoms with Crippen molar-refractivity contribution in [2.45, 2.75) is 6.61 Å². The van der Waals surface area contributed by atoms with E-state index in [4.69, 9.17) is 5.73 Å². The minimum absolute atomic E-state index is 0.00298. The molecule has 7 heteroatoms. The van der Waals surface area contributed by atoms with Crippen molar-refractivity contribution in [3.63, 3.8) is 0 Å². The maximum Gasteiger partial charge on any atom is 0.387 e. The number of hydrogen-bond donors (Lipinski definition) is 2. The summed E-state index contributed by atoms with van der Waals surface area (Å²) in [5.41, 5.74) is 7.10. The second kappa shape index (κ2) is 6.53. The number of alkyl halides is 2. The molecule has 0 saturated heterocycles. The molecule has 0 spiro atoms. The molecule has 0 aliphatic heterocycles. The maximum atomic E-state index is 12.0. The number of amides is 1. The Labute approximate surface area is 128 Å². The van der Waals surface area contributed by atoms with Crippen LogP contribution in [0, 0.1) is 0 Å². The van der Waals surface area contributed by atoms with Crippen molar-refractivity contribution in [1.82, 2.24) is 0 Å². The van der Waals surface area contributed by atoms with Crippen LogP contribution in [0.3, 0.4) is 0 Å². The average Bonchev–Trinajstić information content (AvgIpc) is 2.43. The highest BCUT2D eigenvalue weighted by atomic mass is 79.9. The van der Waals surface area contributed by atoms with Crippen LogP contribution < -0.4 is 15.8 Å². The van der Waals surface area contributed by atoms with Crippen molar-refractivity contribution in [2.75, 3.05) is 11.1 Å². The quantitative estimate of drug-likeness (QED) is 0.817. The molecule has 0 atom stereocenters. The Hall–Kier alpha value is -2.15. The molecule has 3 N–H and O–H groups in total. The molecule has 1 amide bonds. The first-order valence-electron chi connectivity index (χ1n) is 5.87. The van der Waals surface area contributed by atoms with E-state index in [0.717, 1.165) is 0 Å². The van der Waals surface area contributed by atoms with Crippen LogP contribution in [0.25, 0.3) is 0 Å². The van der Waals surface area contributed by atoms with E-state index in [1.54, 1.807) is 18.2 Å².